The molecule has 1 saturated heterocycles. The van der Waals surface area contributed by atoms with E-state index in [2.05, 4.69) is 12.2 Å². The molecule has 3 atom stereocenters. The molecule has 1 heterocycles. The van der Waals surface area contributed by atoms with Crippen molar-refractivity contribution in [2.45, 2.75) is 50.2 Å². The van der Waals surface area contributed by atoms with E-state index in [0.29, 0.717) is 19.4 Å². The topological polar surface area (TPSA) is 66.4 Å². The molecule has 1 saturated carbocycles. The molecule has 2 aliphatic rings. The summed E-state index contributed by atoms with van der Waals surface area (Å²) in [5, 5.41) is 12.1. The molecule has 0 radical (unpaired) electrons. The van der Waals surface area contributed by atoms with Crippen molar-refractivity contribution in [3.63, 3.8) is 0 Å². The predicted molar refractivity (Wildman–Crippen MR) is 76.2 cm³/mol. The Morgan fingerprint density at radius 2 is 2.05 bits per heavy atom. The molecule has 2 rings (SSSR count). The molecule has 1 aliphatic carbocycles. The van der Waals surface area contributed by atoms with Gasteiger partial charge in [-0.3, -0.25) is 9.59 Å². The largest absolute Gasteiger partial charge is 0.481 e. The van der Waals surface area contributed by atoms with Crippen LogP contribution in [-0.4, -0.2) is 34.0 Å². The molecular weight excluding hydrogens is 262 g/mol. The first-order valence-corrected chi connectivity index (χ1v) is 8.13. The van der Waals surface area contributed by atoms with E-state index in [0.717, 1.165) is 19.3 Å². The van der Waals surface area contributed by atoms with Gasteiger partial charge in [-0.05, 0) is 44.8 Å². The number of hydrogen-bond acceptors (Lipinski definition) is 3. The number of aliphatic carboxylic acids is 1. The maximum atomic E-state index is 12.2. The fourth-order valence-electron chi connectivity index (χ4n) is 3.05. The molecule has 4 nitrogen and oxygen atoms in total. The lowest BCUT2D eigenvalue weighted by Crippen LogP contribution is -2.41. The zero-order valence-corrected chi connectivity index (χ0v) is 12.3. The van der Waals surface area contributed by atoms with E-state index in [1.165, 1.54) is 12.2 Å². The summed E-state index contributed by atoms with van der Waals surface area (Å²) in [6, 6.07) is 0. The van der Waals surface area contributed by atoms with Crippen LogP contribution in [0.2, 0.25) is 0 Å². The third-order valence-corrected chi connectivity index (χ3v) is 5.87. The Morgan fingerprint density at radius 3 is 2.68 bits per heavy atom. The maximum Gasteiger partial charge on any atom is 0.306 e. The Balaban J connectivity index is 1.80. The van der Waals surface area contributed by atoms with Crippen molar-refractivity contribution in [1.82, 2.24) is 5.32 Å². The van der Waals surface area contributed by atoms with Crippen LogP contribution in [0.15, 0.2) is 0 Å². The van der Waals surface area contributed by atoms with Gasteiger partial charge in [0.25, 0.3) is 0 Å². The highest BCUT2D eigenvalue weighted by molar-refractivity contribution is 8.00. The van der Waals surface area contributed by atoms with Gasteiger partial charge in [-0.25, -0.2) is 0 Å². The quantitative estimate of drug-likeness (QED) is 0.831. The number of nitrogens with one attached hydrogen (secondary N) is 1. The number of carboxylic acids is 1. The summed E-state index contributed by atoms with van der Waals surface area (Å²) in [5.74, 6) is 0.0398. The highest BCUT2D eigenvalue weighted by atomic mass is 32.2. The Hall–Kier alpha value is -0.710. The summed E-state index contributed by atoms with van der Waals surface area (Å²) in [5.41, 5.74) is 0. The van der Waals surface area contributed by atoms with Crippen molar-refractivity contribution in [3.8, 4) is 0 Å². The fourth-order valence-corrected chi connectivity index (χ4v) is 4.29. The van der Waals surface area contributed by atoms with Gasteiger partial charge in [0, 0.05) is 17.2 Å². The Kier molecular flexibility index (Phi) is 4.76. The zero-order valence-electron chi connectivity index (χ0n) is 11.5. The molecule has 2 N–H and O–H groups in total. The molecular formula is C14H23NO3S. The highest BCUT2D eigenvalue weighted by Crippen LogP contribution is 2.37. The normalized spacial score (nSPS) is 35.0. The molecule has 0 aromatic carbocycles. The molecule has 0 bridgehead atoms. The first-order valence-electron chi connectivity index (χ1n) is 7.15. The third kappa shape index (κ3) is 3.88. The molecule has 2 fully saturated rings. The molecule has 0 spiro atoms. The zero-order chi connectivity index (χ0) is 13.9. The van der Waals surface area contributed by atoms with Crippen LogP contribution < -0.4 is 5.32 Å². The van der Waals surface area contributed by atoms with Crippen molar-refractivity contribution < 1.29 is 14.7 Å². The SMILES string of the molecule is C[C@]1(CNC(=O)[C@H]2CCC[C@@H](C(=O)O)C2)CCCS1. The van der Waals surface area contributed by atoms with Crippen molar-refractivity contribution >= 4 is 23.6 Å². The average molecular weight is 285 g/mol. The van der Waals surface area contributed by atoms with Crippen LogP contribution in [0.5, 0.6) is 0 Å². The van der Waals surface area contributed by atoms with Crippen LogP contribution in [0.25, 0.3) is 0 Å². The van der Waals surface area contributed by atoms with Crippen LogP contribution in [0, 0.1) is 11.8 Å². The van der Waals surface area contributed by atoms with Gasteiger partial charge in [0.15, 0.2) is 0 Å². The minimum Gasteiger partial charge on any atom is -0.481 e. The monoisotopic (exact) mass is 285 g/mol. The lowest BCUT2D eigenvalue weighted by atomic mass is 9.81. The Labute approximate surface area is 118 Å². The Bertz CT molecular complexity index is 353. The lowest BCUT2D eigenvalue weighted by Gasteiger charge is -2.28. The van der Waals surface area contributed by atoms with Gasteiger partial charge in [-0.2, -0.15) is 11.8 Å². The molecule has 0 aromatic rings. The maximum absolute atomic E-state index is 12.2. The van der Waals surface area contributed by atoms with Crippen molar-refractivity contribution in [3.05, 3.63) is 0 Å². The standard InChI is InChI=1S/C14H23NO3S/c1-14(6-3-7-19-14)9-15-12(16)10-4-2-5-11(8-10)13(17)18/h10-11H,2-9H2,1H3,(H,15,16)(H,17,18)/t10-,11+,14+/m0/s1. The van der Waals surface area contributed by atoms with E-state index in [9.17, 15) is 9.59 Å². The first kappa shape index (κ1) is 14.7. The number of carbonyl (C=O) groups is 2. The van der Waals surface area contributed by atoms with Gasteiger partial charge in [0.1, 0.15) is 0 Å². The van der Waals surface area contributed by atoms with Crippen LogP contribution in [0.4, 0.5) is 0 Å². The van der Waals surface area contributed by atoms with Gasteiger partial charge in [0.05, 0.1) is 5.92 Å². The van der Waals surface area contributed by atoms with Gasteiger partial charge < -0.3 is 10.4 Å². The van der Waals surface area contributed by atoms with E-state index in [4.69, 9.17) is 5.11 Å². The Morgan fingerprint density at radius 1 is 1.32 bits per heavy atom. The molecule has 1 amide bonds. The summed E-state index contributed by atoms with van der Waals surface area (Å²) in [6.45, 7) is 2.91. The second-order valence-corrected chi connectivity index (χ2v) is 7.70. The number of carbonyl (C=O) groups excluding carboxylic acids is 1. The van der Waals surface area contributed by atoms with Crippen molar-refractivity contribution in [2.24, 2.45) is 11.8 Å². The number of thioether (sulfide) groups is 1. The summed E-state index contributed by atoms with van der Waals surface area (Å²) < 4.78 is 0.177. The fraction of sp³-hybridized carbons (Fsp3) is 0.857. The summed E-state index contributed by atoms with van der Waals surface area (Å²) in [4.78, 5) is 23.2. The van der Waals surface area contributed by atoms with Crippen LogP contribution >= 0.6 is 11.8 Å². The summed E-state index contributed by atoms with van der Waals surface area (Å²) in [7, 11) is 0. The van der Waals surface area contributed by atoms with E-state index in [1.54, 1.807) is 0 Å². The summed E-state index contributed by atoms with van der Waals surface area (Å²) in [6.07, 6.45) is 5.28. The third-order valence-electron chi connectivity index (χ3n) is 4.33. The van der Waals surface area contributed by atoms with Crippen molar-refractivity contribution in [2.75, 3.05) is 12.3 Å². The predicted octanol–water partition coefficient (Wildman–Crippen LogP) is 2.28. The molecule has 19 heavy (non-hydrogen) atoms. The number of hydrogen-bond donors (Lipinski definition) is 2. The molecule has 108 valence electrons. The van der Waals surface area contributed by atoms with Gasteiger partial charge >= 0.3 is 5.97 Å². The van der Waals surface area contributed by atoms with E-state index in [-0.39, 0.29) is 22.5 Å². The van der Waals surface area contributed by atoms with E-state index in [1.807, 2.05) is 11.8 Å². The summed E-state index contributed by atoms with van der Waals surface area (Å²) >= 11 is 1.93. The number of carboxylic acid groups (broad SMARTS) is 1. The highest BCUT2D eigenvalue weighted by Gasteiger charge is 2.33. The van der Waals surface area contributed by atoms with Gasteiger partial charge in [-0.1, -0.05) is 6.42 Å². The van der Waals surface area contributed by atoms with Crippen LogP contribution in [-0.2, 0) is 9.59 Å². The van der Waals surface area contributed by atoms with Crippen molar-refractivity contribution in [1.29, 1.82) is 0 Å². The second-order valence-electron chi connectivity index (χ2n) is 6.02. The smallest absolute Gasteiger partial charge is 0.306 e. The number of rotatable bonds is 4. The van der Waals surface area contributed by atoms with Crippen LogP contribution in [0.3, 0.4) is 0 Å². The van der Waals surface area contributed by atoms with Gasteiger partial charge in [0.2, 0.25) is 5.91 Å². The first-order chi connectivity index (χ1) is 9.00. The minimum atomic E-state index is -0.754. The van der Waals surface area contributed by atoms with E-state index >= 15 is 0 Å². The van der Waals surface area contributed by atoms with Crippen LogP contribution in [0.1, 0.15) is 45.4 Å². The van der Waals surface area contributed by atoms with Gasteiger partial charge in [-0.15, -0.1) is 0 Å². The molecule has 5 heteroatoms. The lowest BCUT2D eigenvalue weighted by molar-refractivity contribution is -0.144. The molecule has 1 aliphatic heterocycles. The number of amides is 1. The minimum absolute atomic E-state index is 0.0553. The average Bonchev–Trinajstić information content (AvgIpc) is 2.83. The molecule has 0 unspecified atom stereocenters. The second kappa shape index (κ2) is 6.16. The van der Waals surface area contributed by atoms with E-state index < -0.39 is 5.97 Å². The molecule has 0 aromatic heterocycles.